The van der Waals surface area contributed by atoms with Gasteiger partial charge in [0, 0.05) is 4.47 Å². The number of benzene rings is 2. The number of hydrogen-bond acceptors (Lipinski definition) is 2. The maximum absolute atomic E-state index is 6.05. The zero-order valence-corrected chi connectivity index (χ0v) is 11.7. The van der Waals surface area contributed by atoms with Crippen LogP contribution >= 0.6 is 15.9 Å². The van der Waals surface area contributed by atoms with Crippen LogP contribution in [0.15, 0.2) is 46.9 Å². The number of anilines is 1. The van der Waals surface area contributed by atoms with Gasteiger partial charge in [0.25, 0.3) is 0 Å². The van der Waals surface area contributed by atoms with E-state index >= 15 is 0 Å². The molecule has 0 fully saturated rings. The summed E-state index contributed by atoms with van der Waals surface area (Å²) in [5.74, 6) is 0.904. The number of rotatable bonds is 1. The van der Waals surface area contributed by atoms with E-state index in [0.29, 0.717) is 0 Å². The average Bonchev–Trinajstić information content (AvgIpc) is 2.38. The third-order valence-corrected chi connectivity index (χ3v) is 3.63. The van der Waals surface area contributed by atoms with Gasteiger partial charge in [-0.3, -0.25) is 0 Å². The second-order valence-corrected chi connectivity index (χ2v) is 5.45. The minimum Gasteiger partial charge on any atom is -0.482 e. The van der Waals surface area contributed by atoms with Crippen LogP contribution in [-0.4, -0.2) is 6.54 Å². The van der Waals surface area contributed by atoms with Gasteiger partial charge in [0.1, 0.15) is 11.9 Å². The Morgan fingerprint density at radius 2 is 1.94 bits per heavy atom. The van der Waals surface area contributed by atoms with E-state index in [4.69, 9.17) is 4.74 Å². The molecule has 0 bridgehead atoms. The zero-order chi connectivity index (χ0) is 12.5. The average molecular weight is 304 g/mol. The van der Waals surface area contributed by atoms with Gasteiger partial charge in [-0.25, -0.2) is 0 Å². The van der Waals surface area contributed by atoms with Crippen molar-refractivity contribution in [3.63, 3.8) is 0 Å². The molecular weight excluding hydrogens is 290 g/mol. The van der Waals surface area contributed by atoms with Gasteiger partial charge < -0.3 is 10.1 Å². The summed E-state index contributed by atoms with van der Waals surface area (Å²) in [5, 5.41) is 3.41. The van der Waals surface area contributed by atoms with Crippen LogP contribution in [0.1, 0.15) is 17.2 Å². The Kier molecular flexibility index (Phi) is 3.00. The van der Waals surface area contributed by atoms with Crippen LogP contribution in [0.2, 0.25) is 0 Å². The molecule has 0 saturated heterocycles. The lowest BCUT2D eigenvalue weighted by Gasteiger charge is -2.27. The summed E-state index contributed by atoms with van der Waals surface area (Å²) in [6.07, 6.45) is 0.0763. The lowest BCUT2D eigenvalue weighted by Crippen LogP contribution is -2.23. The Hall–Kier alpha value is -1.48. The van der Waals surface area contributed by atoms with Gasteiger partial charge in [-0.2, -0.15) is 0 Å². The Morgan fingerprint density at radius 3 is 2.72 bits per heavy atom. The Labute approximate surface area is 115 Å². The van der Waals surface area contributed by atoms with Crippen LogP contribution < -0.4 is 10.1 Å². The molecule has 2 aromatic rings. The summed E-state index contributed by atoms with van der Waals surface area (Å²) in [7, 11) is 0. The molecule has 0 amide bonds. The quantitative estimate of drug-likeness (QED) is 0.848. The van der Waals surface area contributed by atoms with E-state index in [9.17, 15) is 0 Å². The molecule has 1 aliphatic heterocycles. The molecule has 1 aliphatic rings. The molecule has 0 spiro atoms. The third kappa shape index (κ3) is 2.23. The molecule has 0 radical (unpaired) electrons. The highest BCUT2D eigenvalue weighted by molar-refractivity contribution is 9.10. The molecule has 18 heavy (non-hydrogen) atoms. The number of ether oxygens (including phenoxy) is 1. The monoisotopic (exact) mass is 303 g/mol. The predicted octanol–water partition coefficient (Wildman–Crippen LogP) is 4.30. The fourth-order valence-corrected chi connectivity index (χ4v) is 2.44. The van der Waals surface area contributed by atoms with Crippen molar-refractivity contribution in [3.8, 4) is 5.75 Å². The van der Waals surface area contributed by atoms with Gasteiger partial charge in [0.15, 0.2) is 0 Å². The highest BCUT2D eigenvalue weighted by Crippen LogP contribution is 2.36. The largest absolute Gasteiger partial charge is 0.482 e. The maximum atomic E-state index is 6.05. The van der Waals surface area contributed by atoms with Gasteiger partial charge in [-0.15, -0.1) is 0 Å². The van der Waals surface area contributed by atoms with E-state index in [1.54, 1.807) is 0 Å². The summed E-state index contributed by atoms with van der Waals surface area (Å²) in [6.45, 7) is 2.90. The van der Waals surface area contributed by atoms with Crippen molar-refractivity contribution in [3.05, 3.63) is 58.1 Å². The number of nitrogens with one attached hydrogen (secondary N) is 1. The van der Waals surface area contributed by atoms with Crippen molar-refractivity contribution in [2.75, 3.05) is 11.9 Å². The van der Waals surface area contributed by atoms with Gasteiger partial charge in [-0.05, 0) is 30.7 Å². The SMILES string of the molecule is Cc1ccc(C2CNc3ccc(Br)cc3O2)cc1. The van der Waals surface area contributed by atoms with Crippen LogP contribution in [0, 0.1) is 6.92 Å². The van der Waals surface area contributed by atoms with Crippen molar-refractivity contribution in [2.45, 2.75) is 13.0 Å². The number of aryl methyl sites for hydroxylation is 1. The fraction of sp³-hybridized carbons (Fsp3) is 0.200. The molecular formula is C15H14BrNO. The molecule has 0 aliphatic carbocycles. The smallest absolute Gasteiger partial charge is 0.144 e. The van der Waals surface area contributed by atoms with E-state index in [0.717, 1.165) is 22.5 Å². The zero-order valence-electron chi connectivity index (χ0n) is 10.1. The molecule has 0 aromatic heterocycles. The van der Waals surface area contributed by atoms with Gasteiger partial charge in [0.2, 0.25) is 0 Å². The maximum Gasteiger partial charge on any atom is 0.144 e. The topological polar surface area (TPSA) is 21.3 Å². The molecule has 1 atom stereocenters. The number of hydrogen-bond donors (Lipinski definition) is 1. The minimum atomic E-state index is 0.0763. The molecule has 0 saturated carbocycles. The minimum absolute atomic E-state index is 0.0763. The van der Waals surface area contributed by atoms with Crippen molar-refractivity contribution in [1.82, 2.24) is 0 Å². The van der Waals surface area contributed by atoms with Crippen molar-refractivity contribution >= 4 is 21.6 Å². The van der Waals surface area contributed by atoms with Crippen LogP contribution in [0.4, 0.5) is 5.69 Å². The molecule has 1 unspecified atom stereocenters. The summed E-state index contributed by atoms with van der Waals surface area (Å²) < 4.78 is 7.08. The molecule has 3 heteroatoms. The second kappa shape index (κ2) is 4.65. The molecule has 2 nitrogen and oxygen atoms in total. The molecule has 92 valence electrons. The van der Waals surface area contributed by atoms with E-state index in [-0.39, 0.29) is 6.10 Å². The second-order valence-electron chi connectivity index (χ2n) is 4.54. The van der Waals surface area contributed by atoms with Crippen LogP contribution in [0.25, 0.3) is 0 Å². The first-order chi connectivity index (χ1) is 8.72. The Bertz CT molecular complexity index is 565. The van der Waals surface area contributed by atoms with Gasteiger partial charge in [0.05, 0.1) is 12.2 Å². The molecule has 3 rings (SSSR count). The highest BCUT2D eigenvalue weighted by atomic mass is 79.9. The Balaban J connectivity index is 1.88. The normalized spacial score (nSPS) is 17.6. The Morgan fingerprint density at radius 1 is 1.17 bits per heavy atom. The van der Waals surface area contributed by atoms with E-state index in [1.165, 1.54) is 11.1 Å². The summed E-state index contributed by atoms with van der Waals surface area (Å²) in [4.78, 5) is 0. The lowest BCUT2D eigenvalue weighted by molar-refractivity contribution is 0.210. The standard InChI is InChI=1S/C15H14BrNO/c1-10-2-4-11(5-3-10)15-9-17-13-7-6-12(16)8-14(13)18-15/h2-8,15,17H,9H2,1H3. The highest BCUT2D eigenvalue weighted by Gasteiger charge is 2.20. The fourth-order valence-electron chi connectivity index (χ4n) is 2.10. The van der Waals surface area contributed by atoms with Gasteiger partial charge in [-0.1, -0.05) is 45.8 Å². The predicted molar refractivity (Wildman–Crippen MR) is 77.2 cm³/mol. The van der Waals surface area contributed by atoms with Crippen LogP contribution in [0.3, 0.4) is 0 Å². The van der Waals surface area contributed by atoms with E-state index in [1.807, 2.05) is 18.2 Å². The van der Waals surface area contributed by atoms with Crippen LogP contribution in [-0.2, 0) is 0 Å². The number of halogens is 1. The first kappa shape index (κ1) is 11.6. The van der Waals surface area contributed by atoms with Crippen LogP contribution in [0.5, 0.6) is 5.75 Å². The summed E-state index contributed by atoms with van der Waals surface area (Å²) in [6, 6.07) is 14.6. The van der Waals surface area contributed by atoms with E-state index < -0.39 is 0 Å². The molecule has 1 heterocycles. The lowest BCUT2D eigenvalue weighted by atomic mass is 10.1. The third-order valence-electron chi connectivity index (χ3n) is 3.14. The van der Waals surface area contributed by atoms with E-state index in [2.05, 4.69) is 52.4 Å². The van der Waals surface area contributed by atoms with Crippen molar-refractivity contribution < 1.29 is 4.74 Å². The van der Waals surface area contributed by atoms with Crippen molar-refractivity contribution in [2.24, 2.45) is 0 Å². The summed E-state index contributed by atoms with van der Waals surface area (Å²) >= 11 is 3.47. The first-order valence-electron chi connectivity index (χ1n) is 5.99. The summed E-state index contributed by atoms with van der Waals surface area (Å²) in [5.41, 5.74) is 3.53. The number of fused-ring (bicyclic) bond motifs is 1. The van der Waals surface area contributed by atoms with Gasteiger partial charge >= 0.3 is 0 Å². The van der Waals surface area contributed by atoms with Crippen molar-refractivity contribution in [1.29, 1.82) is 0 Å². The first-order valence-corrected chi connectivity index (χ1v) is 6.78. The molecule has 1 N–H and O–H groups in total. The molecule has 2 aromatic carbocycles.